The number of fused-ring (bicyclic) bond motifs is 1. The number of aromatic nitrogens is 4. The number of amides is 1. The molecule has 2 heterocycles. The van der Waals surface area contributed by atoms with Crippen LogP contribution >= 0.6 is 24.8 Å². The minimum Gasteiger partial charge on any atom is -0.366 e. The molecule has 11 heteroatoms. The highest BCUT2D eigenvalue weighted by Crippen LogP contribution is 2.34. The van der Waals surface area contributed by atoms with Crippen LogP contribution < -0.4 is 22.1 Å². The first-order chi connectivity index (χ1) is 15.6. The lowest BCUT2D eigenvalue weighted by molar-refractivity contribution is 0.100. The Morgan fingerprint density at radius 2 is 1.76 bits per heavy atom. The lowest BCUT2D eigenvalue weighted by atomic mass is 9.92. The number of nitrogens with two attached hydrogens (primary N) is 2. The molecule has 0 saturated heterocycles. The van der Waals surface area contributed by atoms with Crippen molar-refractivity contribution in [2.45, 2.75) is 69.5 Å². The van der Waals surface area contributed by atoms with Crippen molar-refractivity contribution in [3.05, 3.63) is 36.2 Å². The molecule has 2 saturated carbocycles. The summed E-state index contributed by atoms with van der Waals surface area (Å²) in [6.45, 7) is 0. The van der Waals surface area contributed by atoms with E-state index in [9.17, 15) is 4.79 Å². The molecule has 0 aliphatic heterocycles. The number of nitrogens with zero attached hydrogens (tertiary/aromatic N) is 4. The molecule has 0 radical (unpaired) electrons. The number of rotatable bonds is 6. The first-order valence-corrected chi connectivity index (χ1v) is 11.5. The van der Waals surface area contributed by atoms with Crippen molar-refractivity contribution in [3.8, 4) is 0 Å². The van der Waals surface area contributed by atoms with Crippen molar-refractivity contribution in [1.82, 2.24) is 19.5 Å². The topological polar surface area (TPSA) is 137 Å². The SMILES string of the molecule is Cl.Cl.NC(=O)c1cccc(Nc2nc(N[C@H]3CC[C@H](N)CC3)nc3c2ncn3C2CCCC2)c1. The number of nitrogens with one attached hydrogen (secondary N) is 2. The van der Waals surface area contributed by atoms with Crippen LogP contribution in [0.1, 0.15) is 67.8 Å². The third-order valence-electron chi connectivity index (χ3n) is 6.65. The number of halogens is 2. The Morgan fingerprint density at radius 3 is 2.47 bits per heavy atom. The predicted molar refractivity (Wildman–Crippen MR) is 139 cm³/mol. The van der Waals surface area contributed by atoms with E-state index in [4.69, 9.17) is 21.4 Å². The van der Waals surface area contributed by atoms with E-state index in [1.54, 1.807) is 18.2 Å². The molecule has 34 heavy (non-hydrogen) atoms. The third-order valence-corrected chi connectivity index (χ3v) is 6.65. The van der Waals surface area contributed by atoms with Gasteiger partial charge in [0.25, 0.3) is 0 Å². The third kappa shape index (κ3) is 5.54. The van der Waals surface area contributed by atoms with Gasteiger partial charge in [-0.3, -0.25) is 4.79 Å². The molecule has 0 atom stereocenters. The molecule has 3 aromatic rings. The van der Waals surface area contributed by atoms with Crippen molar-refractivity contribution in [2.24, 2.45) is 11.5 Å². The molecule has 0 unspecified atom stereocenters. The molecule has 2 aromatic heterocycles. The average molecular weight is 507 g/mol. The quantitative estimate of drug-likeness (QED) is 0.390. The molecule has 6 N–H and O–H groups in total. The van der Waals surface area contributed by atoms with Crippen LogP contribution in [0.15, 0.2) is 30.6 Å². The number of anilines is 3. The van der Waals surface area contributed by atoms with E-state index < -0.39 is 5.91 Å². The standard InChI is InChI=1S/C23H30N8O.2ClH/c24-15-8-10-16(11-9-15)28-23-29-21(27-17-5-3-4-14(12-17)20(25)32)19-22(30-23)31(13-26-19)18-6-1-2-7-18;;/h3-5,12-13,15-16,18H,1-2,6-11,24H2,(H2,25,32)(H2,27,28,29,30);2*1H/t15-,16-;;. The number of hydrogen-bond acceptors (Lipinski definition) is 7. The van der Waals surface area contributed by atoms with Gasteiger partial charge in [0.1, 0.15) is 0 Å². The number of primary amides is 1. The molecule has 2 aliphatic carbocycles. The summed E-state index contributed by atoms with van der Waals surface area (Å²) in [5, 5.41) is 6.86. The smallest absolute Gasteiger partial charge is 0.248 e. The van der Waals surface area contributed by atoms with Gasteiger partial charge < -0.3 is 26.7 Å². The zero-order chi connectivity index (χ0) is 22.1. The van der Waals surface area contributed by atoms with Gasteiger partial charge in [0.15, 0.2) is 17.0 Å². The molecule has 1 aromatic carbocycles. The van der Waals surface area contributed by atoms with Gasteiger partial charge in [0.05, 0.1) is 6.33 Å². The van der Waals surface area contributed by atoms with Crippen LogP contribution in [0, 0.1) is 0 Å². The fourth-order valence-electron chi connectivity index (χ4n) is 4.85. The van der Waals surface area contributed by atoms with Gasteiger partial charge in [-0.1, -0.05) is 18.9 Å². The summed E-state index contributed by atoms with van der Waals surface area (Å²) in [6.07, 6.45) is 10.6. The number of carbonyl (C=O) groups is 1. The molecule has 1 amide bonds. The van der Waals surface area contributed by atoms with Gasteiger partial charge in [0, 0.05) is 29.4 Å². The Kier molecular flexibility index (Phi) is 8.57. The van der Waals surface area contributed by atoms with Crippen molar-refractivity contribution in [3.63, 3.8) is 0 Å². The Bertz CT molecular complexity index is 1120. The number of benzene rings is 1. The van der Waals surface area contributed by atoms with E-state index in [1.165, 1.54) is 12.8 Å². The van der Waals surface area contributed by atoms with Crippen LogP contribution in [0.25, 0.3) is 11.2 Å². The van der Waals surface area contributed by atoms with E-state index in [0.29, 0.717) is 29.4 Å². The highest BCUT2D eigenvalue weighted by Gasteiger charge is 2.24. The highest BCUT2D eigenvalue weighted by atomic mass is 35.5. The Balaban J connectivity index is 0.00000162. The van der Waals surface area contributed by atoms with E-state index in [1.807, 2.05) is 12.4 Å². The normalized spacial score (nSPS) is 20.4. The van der Waals surface area contributed by atoms with Crippen LogP contribution in [0.4, 0.5) is 17.5 Å². The fraction of sp³-hybridized carbons (Fsp3) is 0.478. The number of imidazole rings is 1. The second kappa shape index (κ2) is 11.2. The van der Waals surface area contributed by atoms with Gasteiger partial charge in [0.2, 0.25) is 11.9 Å². The Hall–Kier alpha value is -2.62. The van der Waals surface area contributed by atoms with Crippen LogP contribution in [0.2, 0.25) is 0 Å². The lowest BCUT2D eigenvalue weighted by Gasteiger charge is -2.27. The molecule has 0 spiro atoms. The maximum atomic E-state index is 11.6. The van der Waals surface area contributed by atoms with Crippen molar-refractivity contribution in [2.75, 3.05) is 10.6 Å². The molecule has 0 bridgehead atoms. The van der Waals surface area contributed by atoms with Gasteiger partial charge in [-0.05, 0) is 56.7 Å². The monoisotopic (exact) mass is 506 g/mol. The summed E-state index contributed by atoms with van der Waals surface area (Å²) in [5.41, 5.74) is 14.2. The maximum absolute atomic E-state index is 11.6. The van der Waals surface area contributed by atoms with Crippen LogP contribution in [-0.2, 0) is 0 Å². The minimum atomic E-state index is -0.468. The average Bonchev–Trinajstić information content (AvgIpc) is 3.45. The summed E-state index contributed by atoms with van der Waals surface area (Å²) < 4.78 is 2.19. The van der Waals surface area contributed by atoms with Crippen LogP contribution in [-0.4, -0.2) is 37.5 Å². The molecule has 2 fully saturated rings. The van der Waals surface area contributed by atoms with E-state index >= 15 is 0 Å². The number of hydrogen-bond donors (Lipinski definition) is 4. The summed E-state index contributed by atoms with van der Waals surface area (Å²) >= 11 is 0. The molecule has 2 aliphatic rings. The molecule has 184 valence electrons. The Morgan fingerprint density at radius 1 is 1.03 bits per heavy atom. The summed E-state index contributed by atoms with van der Waals surface area (Å²) in [6, 6.07) is 8.10. The van der Waals surface area contributed by atoms with Gasteiger partial charge in [-0.2, -0.15) is 9.97 Å². The molecular formula is C23H32Cl2N8O. The number of carbonyl (C=O) groups excluding carboxylic acids is 1. The molecule has 5 rings (SSSR count). The first-order valence-electron chi connectivity index (χ1n) is 11.5. The summed E-state index contributed by atoms with van der Waals surface area (Å²) in [4.78, 5) is 25.9. The zero-order valence-corrected chi connectivity index (χ0v) is 20.6. The van der Waals surface area contributed by atoms with Crippen molar-refractivity contribution < 1.29 is 4.79 Å². The van der Waals surface area contributed by atoms with Gasteiger partial charge >= 0.3 is 0 Å². The maximum Gasteiger partial charge on any atom is 0.248 e. The molecular weight excluding hydrogens is 475 g/mol. The highest BCUT2D eigenvalue weighted by molar-refractivity contribution is 5.94. The summed E-state index contributed by atoms with van der Waals surface area (Å²) in [5.74, 6) is 0.736. The van der Waals surface area contributed by atoms with Crippen LogP contribution in [0.5, 0.6) is 0 Å². The second-order valence-corrected chi connectivity index (χ2v) is 8.98. The van der Waals surface area contributed by atoms with Crippen molar-refractivity contribution >= 4 is 59.3 Å². The predicted octanol–water partition coefficient (Wildman–Crippen LogP) is 4.31. The minimum absolute atomic E-state index is 0. The Labute approximate surface area is 211 Å². The van der Waals surface area contributed by atoms with E-state index in [2.05, 4.69) is 20.2 Å². The second-order valence-electron chi connectivity index (χ2n) is 8.98. The largest absolute Gasteiger partial charge is 0.366 e. The zero-order valence-electron chi connectivity index (χ0n) is 18.9. The van der Waals surface area contributed by atoms with Gasteiger partial charge in [-0.25, -0.2) is 4.98 Å². The fourth-order valence-corrected chi connectivity index (χ4v) is 4.85. The van der Waals surface area contributed by atoms with E-state index in [0.717, 1.165) is 55.4 Å². The van der Waals surface area contributed by atoms with E-state index in [-0.39, 0.29) is 30.9 Å². The molecule has 9 nitrogen and oxygen atoms in total. The van der Waals surface area contributed by atoms with Crippen molar-refractivity contribution in [1.29, 1.82) is 0 Å². The first kappa shape index (κ1) is 26.0. The van der Waals surface area contributed by atoms with Gasteiger partial charge in [-0.15, -0.1) is 24.8 Å². The van der Waals surface area contributed by atoms with Crippen LogP contribution in [0.3, 0.4) is 0 Å². The summed E-state index contributed by atoms with van der Waals surface area (Å²) in [7, 11) is 0. The lowest BCUT2D eigenvalue weighted by Crippen LogP contribution is -2.33.